The highest BCUT2D eigenvalue weighted by Crippen LogP contribution is 1.92. The summed E-state index contributed by atoms with van der Waals surface area (Å²) >= 11 is 0. The van der Waals surface area contributed by atoms with E-state index in [9.17, 15) is 0 Å². The molecule has 2 aliphatic rings. The Bertz CT molecular complexity index is 102. The lowest BCUT2D eigenvalue weighted by Gasteiger charge is -1.63. The zero-order valence-corrected chi connectivity index (χ0v) is 6.03. The summed E-state index contributed by atoms with van der Waals surface area (Å²) in [5, 5.41) is 14.8. The van der Waals surface area contributed by atoms with E-state index in [0.29, 0.717) is 0 Å². The van der Waals surface area contributed by atoms with Crippen LogP contribution in [0.1, 0.15) is 12.8 Å². The van der Waals surface area contributed by atoms with Crippen molar-refractivity contribution in [2.75, 3.05) is 26.2 Å². The van der Waals surface area contributed by atoms with Crippen molar-refractivity contribution in [3.05, 3.63) is 0 Å². The molecule has 0 saturated carbocycles. The van der Waals surface area contributed by atoms with Gasteiger partial charge in [-0.2, -0.15) is 20.5 Å². The van der Waals surface area contributed by atoms with Crippen molar-refractivity contribution in [1.29, 1.82) is 0 Å². The van der Waals surface area contributed by atoms with E-state index in [0.717, 1.165) is 26.2 Å². The second-order valence-electron chi connectivity index (χ2n) is 2.17. The fraction of sp³-hybridized carbons (Fsp3) is 1.00. The average Bonchev–Trinajstić information content (AvgIpc) is 2.67. The van der Waals surface area contributed by atoms with Crippen LogP contribution in [0.4, 0.5) is 0 Å². The third-order valence-corrected chi connectivity index (χ3v) is 1.23. The minimum Gasteiger partial charge on any atom is -0.194 e. The number of rotatable bonds is 0. The van der Waals surface area contributed by atoms with Gasteiger partial charge in [0.25, 0.3) is 0 Å². The molecule has 0 N–H and O–H groups in total. The molecule has 4 nitrogen and oxygen atoms in total. The molecular weight excluding hydrogens is 128 g/mol. The molecule has 0 radical (unpaired) electrons. The maximum absolute atomic E-state index is 3.71. The highest BCUT2D eigenvalue weighted by atomic mass is 15.1. The smallest absolute Gasteiger partial charge is 0.0617 e. The predicted octanol–water partition coefficient (Wildman–Crippen LogP) is 1.68. The highest BCUT2D eigenvalue weighted by molar-refractivity contribution is 4.50. The van der Waals surface area contributed by atoms with Crippen LogP contribution in [-0.2, 0) is 0 Å². The summed E-state index contributed by atoms with van der Waals surface area (Å²) in [7, 11) is 0. The lowest BCUT2D eigenvalue weighted by atomic mass is 10.5. The van der Waals surface area contributed by atoms with Gasteiger partial charge in [0.05, 0.1) is 26.2 Å². The summed E-state index contributed by atoms with van der Waals surface area (Å²) in [5.41, 5.74) is 0. The lowest BCUT2D eigenvalue weighted by Crippen LogP contribution is -1.68. The van der Waals surface area contributed by atoms with Crippen molar-refractivity contribution >= 4 is 0 Å². The Labute approximate surface area is 60.5 Å². The van der Waals surface area contributed by atoms with E-state index in [-0.39, 0.29) is 0 Å². The molecule has 0 atom stereocenters. The predicted molar refractivity (Wildman–Crippen MR) is 38.4 cm³/mol. The third kappa shape index (κ3) is 3.27. The van der Waals surface area contributed by atoms with Gasteiger partial charge in [-0.1, -0.05) is 0 Å². The molecule has 2 aliphatic heterocycles. The molecule has 0 fully saturated rings. The summed E-state index contributed by atoms with van der Waals surface area (Å²) in [6.45, 7) is 3.83. The summed E-state index contributed by atoms with van der Waals surface area (Å²) in [6.07, 6.45) is 2.33. The van der Waals surface area contributed by atoms with Crippen LogP contribution in [0.25, 0.3) is 0 Å². The van der Waals surface area contributed by atoms with Gasteiger partial charge >= 0.3 is 0 Å². The highest BCUT2D eigenvalue weighted by Gasteiger charge is 1.87. The largest absolute Gasteiger partial charge is 0.194 e. The molecule has 0 aromatic heterocycles. The Morgan fingerprint density at radius 1 is 0.500 bits per heavy atom. The number of hydrogen-bond acceptors (Lipinski definition) is 4. The van der Waals surface area contributed by atoms with Crippen LogP contribution in [-0.4, -0.2) is 26.2 Å². The molecule has 2 rings (SSSR count). The second-order valence-corrected chi connectivity index (χ2v) is 2.17. The molecule has 2 heterocycles. The minimum atomic E-state index is 0.958. The Morgan fingerprint density at radius 3 is 0.900 bits per heavy atom. The van der Waals surface area contributed by atoms with Crippen LogP contribution < -0.4 is 0 Å². The van der Waals surface area contributed by atoms with Gasteiger partial charge in [-0.05, 0) is 12.8 Å². The van der Waals surface area contributed by atoms with E-state index in [1.165, 1.54) is 12.8 Å². The maximum atomic E-state index is 3.71. The quantitative estimate of drug-likeness (QED) is 0.491. The van der Waals surface area contributed by atoms with Gasteiger partial charge < -0.3 is 0 Å². The monoisotopic (exact) mass is 140 g/mol. The molecule has 0 unspecified atom stereocenters. The van der Waals surface area contributed by atoms with E-state index in [1.807, 2.05) is 0 Å². The fourth-order valence-corrected chi connectivity index (χ4v) is 0.707. The summed E-state index contributed by atoms with van der Waals surface area (Å²) in [4.78, 5) is 0. The van der Waals surface area contributed by atoms with Crippen molar-refractivity contribution in [1.82, 2.24) is 0 Å². The Kier molecular flexibility index (Phi) is 3.67. The Morgan fingerprint density at radius 2 is 0.800 bits per heavy atom. The van der Waals surface area contributed by atoms with Gasteiger partial charge in [0.15, 0.2) is 0 Å². The molecular formula is C6H12N4. The van der Waals surface area contributed by atoms with Crippen LogP contribution >= 0.6 is 0 Å². The first-order chi connectivity index (χ1) is 5.00. The SMILES string of the molecule is C1CN=NC1.C1CN=NC1. The van der Waals surface area contributed by atoms with E-state index >= 15 is 0 Å². The molecule has 0 aromatic carbocycles. The van der Waals surface area contributed by atoms with Crippen molar-refractivity contribution < 1.29 is 0 Å². The van der Waals surface area contributed by atoms with Gasteiger partial charge in [0.1, 0.15) is 0 Å². The van der Waals surface area contributed by atoms with Crippen LogP contribution in [0.15, 0.2) is 20.5 Å². The normalized spacial score (nSPS) is 20.8. The zero-order valence-electron chi connectivity index (χ0n) is 6.03. The van der Waals surface area contributed by atoms with Crippen LogP contribution in [0.3, 0.4) is 0 Å². The molecule has 0 aliphatic carbocycles. The maximum Gasteiger partial charge on any atom is 0.0617 e. The van der Waals surface area contributed by atoms with Crippen LogP contribution in [0, 0.1) is 0 Å². The van der Waals surface area contributed by atoms with Crippen LogP contribution in [0.5, 0.6) is 0 Å². The Hall–Kier alpha value is -0.800. The second kappa shape index (κ2) is 5.02. The molecule has 56 valence electrons. The number of hydrogen-bond donors (Lipinski definition) is 0. The van der Waals surface area contributed by atoms with Gasteiger partial charge in [-0.3, -0.25) is 0 Å². The average molecular weight is 140 g/mol. The van der Waals surface area contributed by atoms with E-state index in [1.54, 1.807) is 0 Å². The minimum absolute atomic E-state index is 0.958. The molecule has 0 spiro atoms. The molecule has 4 heteroatoms. The molecule has 0 amide bonds. The van der Waals surface area contributed by atoms with Crippen LogP contribution in [0.2, 0.25) is 0 Å². The van der Waals surface area contributed by atoms with Crippen molar-refractivity contribution in [2.45, 2.75) is 12.8 Å². The lowest BCUT2D eigenvalue weighted by molar-refractivity contribution is 0.979. The summed E-state index contributed by atoms with van der Waals surface area (Å²) < 4.78 is 0. The molecule has 0 saturated heterocycles. The molecule has 0 bridgehead atoms. The number of azo groups is 2. The number of nitrogens with zero attached hydrogens (tertiary/aromatic N) is 4. The zero-order chi connectivity index (χ0) is 7.07. The van der Waals surface area contributed by atoms with E-state index in [2.05, 4.69) is 20.5 Å². The fourth-order valence-electron chi connectivity index (χ4n) is 0.707. The first-order valence-electron chi connectivity index (χ1n) is 3.66. The topological polar surface area (TPSA) is 49.4 Å². The molecule has 10 heavy (non-hydrogen) atoms. The van der Waals surface area contributed by atoms with Crippen molar-refractivity contribution in [2.24, 2.45) is 20.5 Å². The van der Waals surface area contributed by atoms with E-state index in [4.69, 9.17) is 0 Å². The van der Waals surface area contributed by atoms with Gasteiger partial charge in [-0.25, -0.2) is 0 Å². The first-order valence-corrected chi connectivity index (χ1v) is 3.66. The summed E-state index contributed by atoms with van der Waals surface area (Å²) in [6, 6.07) is 0. The molecule has 0 aromatic rings. The van der Waals surface area contributed by atoms with Gasteiger partial charge in [0, 0.05) is 0 Å². The third-order valence-electron chi connectivity index (χ3n) is 1.23. The standard InChI is InChI=1S/2C3H6N2/c2*1-2-4-5-3-1/h2*1-3H2. The summed E-state index contributed by atoms with van der Waals surface area (Å²) in [5.74, 6) is 0. The van der Waals surface area contributed by atoms with Crippen molar-refractivity contribution in [3.63, 3.8) is 0 Å². The first kappa shape index (κ1) is 7.31. The van der Waals surface area contributed by atoms with Gasteiger partial charge in [0.2, 0.25) is 0 Å². The van der Waals surface area contributed by atoms with Gasteiger partial charge in [-0.15, -0.1) is 0 Å². The van der Waals surface area contributed by atoms with Crippen molar-refractivity contribution in [3.8, 4) is 0 Å². The Balaban J connectivity index is 0.0000001000. The van der Waals surface area contributed by atoms with E-state index < -0.39 is 0 Å².